The number of H-pyrrole nitrogens is 1. The van der Waals surface area contributed by atoms with E-state index in [2.05, 4.69) is 15.5 Å². The van der Waals surface area contributed by atoms with E-state index in [1.54, 1.807) is 6.07 Å². The smallest absolute Gasteiger partial charge is 0.359 e. The molecule has 6 nitrogen and oxygen atoms in total. The normalized spacial score (nSPS) is 14.3. The molecule has 1 aromatic heterocycles. The number of fused-ring (bicyclic) bond motifs is 1. The monoisotopic (exact) mass is 259 g/mol. The van der Waals surface area contributed by atoms with Gasteiger partial charge >= 0.3 is 5.97 Å². The number of carbonyl (C=O) groups is 2. The first kappa shape index (κ1) is 11.7. The minimum absolute atomic E-state index is 0.204. The molecule has 19 heavy (non-hydrogen) atoms. The molecule has 1 fully saturated rings. The number of rotatable bonds is 4. The Morgan fingerprint density at radius 1 is 1.37 bits per heavy atom. The van der Waals surface area contributed by atoms with Crippen LogP contribution in [0.25, 0.3) is 10.9 Å². The van der Waals surface area contributed by atoms with Gasteiger partial charge in [-0.25, -0.2) is 4.79 Å². The predicted molar refractivity (Wildman–Crippen MR) is 67.5 cm³/mol. The van der Waals surface area contributed by atoms with Gasteiger partial charge in [-0.3, -0.25) is 9.89 Å². The number of amides is 1. The van der Waals surface area contributed by atoms with Crippen molar-refractivity contribution in [1.82, 2.24) is 15.5 Å². The second-order valence-electron chi connectivity index (χ2n) is 4.54. The molecule has 6 heteroatoms. The van der Waals surface area contributed by atoms with Crippen molar-refractivity contribution in [2.24, 2.45) is 0 Å². The van der Waals surface area contributed by atoms with Gasteiger partial charge in [0.1, 0.15) is 0 Å². The highest BCUT2D eigenvalue weighted by Crippen LogP contribution is 2.18. The first-order valence-corrected chi connectivity index (χ1v) is 6.13. The van der Waals surface area contributed by atoms with Crippen LogP contribution in [-0.2, 0) is 9.53 Å². The molecule has 1 saturated carbocycles. The molecule has 1 aliphatic rings. The molecule has 0 atom stereocenters. The van der Waals surface area contributed by atoms with Crippen LogP contribution in [0.4, 0.5) is 0 Å². The summed E-state index contributed by atoms with van der Waals surface area (Å²) in [6, 6.07) is 7.52. The lowest BCUT2D eigenvalue weighted by Crippen LogP contribution is -2.30. The average Bonchev–Trinajstić information content (AvgIpc) is 3.12. The molecule has 0 unspecified atom stereocenters. The zero-order valence-corrected chi connectivity index (χ0v) is 10.2. The Morgan fingerprint density at radius 2 is 2.16 bits per heavy atom. The first-order valence-electron chi connectivity index (χ1n) is 6.13. The third-order valence-electron chi connectivity index (χ3n) is 2.94. The van der Waals surface area contributed by atoms with E-state index in [-0.39, 0.29) is 24.2 Å². The summed E-state index contributed by atoms with van der Waals surface area (Å²) < 4.78 is 4.95. The van der Waals surface area contributed by atoms with Gasteiger partial charge in [-0.2, -0.15) is 5.10 Å². The van der Waals surface area contributed by atoms with Gasteiger partial charge in [0.05, 0.1) is 5.52 Å². The van der Waals surface area contributed by atoms with E-state index < -0.39 is 5.97 Å². The molecule has 1 aliphatic carbocycles. The molecule has 1 heterocycles. The van der Waals surface area contributed by atoms with E-state index in [0.717, 1.165) is 18.4 Å². The molecule has 0 radical (unpaired) electrons. The van der Waals surface area contributed by atoms with E-state index in [4.69, 9.17) is 4.74 Å². The highest BCUT2D eigenvalue weighted by Gasteiger charge is 2.24. The second kappa shape index (κ2) is 4.72. The first-order chi connectivity index (χ1) is 9.24. The van der Waals surface area contributed by atoms with Crippen molar-refractivity contribution in [3.05, 3.63) is 30.0 Å². The van der Waals surface area contributed by atoms with E-state index in [1.807, 2.05) is 18.2 Å². The fourth-order valence-corrected chi connectivity index (χ4v) is 1.82. The fraction of sp³-hybridized carbons (Fsp3) is 0.308. The van der Waals surface area contributed by atoms with Gasteiger partial charge in [-0.15, -0.1) is 0 Å². The number of nitrogens with zero attached hydrogens (tertiary/aromatic N) is 1. The third kappa shape index (κ3) is 2.57. The van der Waals surface area contributed by atoms with Crippen molar-refractivity contribution in [1.29, 1.82) is 0 Å². The Bertz CT molecular complexity index is 631. The maximum absolute atomic E-state index is 11.8. The van der Waals surface area contributed by atoms with Gasteiger partial charge in [0.25, 0.3) is 5.91 Å². The van der Waals surface area contributed by atoms with E-state index in [1.165, 1.54) is 0 Å². The van der Waals surface area contributed by atoms with E-state index in [9.17, 15) is 9.59 Å². The SMILES string of the molecule is O=C(COC(=O)c1n[nH]c2ccccc12)NC1CC1. The minimum Gasteiger partial charge on any atom is -0.451 e. The van der Waals surface area contributed by atoms with Crippen molar-refractivity contribution in [2.75, 3.05) is 6.61 Å². The summed E-state index contributed by atoms with van der Waals surface area (Å²) in [7, 11) is 0. The number of aromatic nitrogens is 2. The van der Waals surface area contributed by atoms with Gasteiger partial charge in [-0.05, 0) is 18.9 Å². The van der Waals surface area contributed by atoms with Crippen LogP contribution in [0.5, 0.6) is 0 Å². The molecule has 98 valence electrons. The third-order valence-corrected chi connectivity index (χ3v) is 2.94. The summed E-state index contributed by atoms with van der Waals surface area (Å²) in [5.74, 6) is -0.862. The molecule has 0 aliphatic heterocycles. The van der Waals surface area contributed by atoms with Gasteiger partial charge in [-0.1, -0.05) is 18.2 Å². The van der Waals surface area contributed by atoms with Gasteiger partial charge < -0.3 is 10.1 Å². The van der Waals surface area contributed by atoms with Gasteiger partial charge in [0.15, 0.2) is 12.3 Å². The topological polar surface area (TPSA) is 84.1 Å². The summed E-state index contributed by atoms with van der Waals surface area (Å²) >= 11 is 0. The summed E-state index contributed by atoms with van der Waals surface area (Å²) in [4.78, 5) is 23.3. The molecule has 1 amide bonds. The number of ether oxygens (including phenoxy) is 1. The Labute approximate surface area is 109 Å². The molecule has 0 bridgehead atoms. The summed E-state index contributed by atoms with van der Waals surface area (Å²) in [6.45, 7) is -0.267. The number of hydrogen-bond donors (Lipinski definition) is 2. The van der Waals surface area contributed by atoms with Crippen molar-refractivity contribution in [2.45, 2.75) is 18.9 Å². The van der Waals surface area contributed by atoms with Crippen LogP contribution in [0.3, 0.4) is 0 Å². The standard InChI is InChI=1S/C13H13N3O3/c17-11(14-8-5-6-8)7-19-13(18)12-9-3-1-2-4-10(9)15-16-12/h1-4,8H,5-7H2,(H,14,17)(H,15,16). The van der Waals surface area contributed by atoms with Crippen LogP contribution in [0.2, 0.25) is 0 Å². The van der Waals surface area contributed by atoms with E-state index >= 15 is 0 Å². The predicted octanol–water partition coefficient (Wildman–Crippen LogP) is 0.998. The minimum atomic E-state index is -0.594. The second-order valence-corrected chi connectivity index (χ2v) is 4.54. The average molecular weight is 259 g/mol. The number of esters is 1. The Morgan fingerprint density at radius 3 is 2.95 bits per heavy atom. The maximum atomic E-state index is 11.8. The van der Waals surface area contributed by atoms with Crippen molar-refractivity contribution < 1.29 is 14.3 Å². The quantitative estimate of drug-likeness (QED) is 0.802. The Hall–Kier alpha value is -2.37. The summed E-state index contributed by atoms with van der Waals surface area (Å²) in [6.07, 6.45) is 2.01. The van der Waals surface area contributed by atoms with Crippen LogP contribution in [0.1, 0.15) is 23.3 Å². The molecular weight excluding hydrogens is 246 g/mol. The van der Waals surface area contributed by atoms with Crippen LogP contribution in [0.15, 0.2) is 24.3 Å². The van der Waals surface area contributed by atoms with Crippen LogP contribution in [-0.4, -0.2) is 34.7 Å². The van der Waals surface area contributed by atoms with Crippen LogP contribution >= 0.6 is 0 Å². The number of benzene rings is 1. The number of carbonyl (C=O) groups excluding carboxylic acids is 2. The van der Waals surface area contributed by atoms with Gasteiger partial charge in [0, 0.05) is 11.4 Å². The van der Waals surface area contributed by atoms with Crippen molar-refractivity contribution in [3.8, 4) is 0 Å². The summed E-state index contributed by atoms with van der Waals surface area (Å²) in [5.41, 5.74) is 0.965. The number of nitrogens with one attached hydrogen (secondary N) is 2. The lowest BCUT2D eigenvalue weighted by molar-refractivity contribution is -0.124. The van der Waals surface area contributed by atoms with Crippen LogP contribution < -0.4 is 5.32 Å². The number of hydrogen-bond acceptors (Lipinski definition) is 4. The molecule has 3 rings (SSSR count). The lowest BCUT2D eigenvalue weighted by atomic mass is 10.2. The molecule has 0 saturated heterocycles. The molecule has 0 spiro atoms. The zero-order valence-electron chi connectivity index (χ0n) is 10.2. The largest absolute Gasteiger partial charge is 0.451 e. The van der Waals surface area contributed by atoms with Gasteiger partial charge in [0.2, 0.25) is 0 Å². The highest BCUT2D eigenvalue weighted by atomic mass is 16.5. The van der Waals surface area contributed by atoms with Crippen molar-refractivity contribution in [3.63, 3.8) is 0 Å². The molecule has 2 N–H and O–H groups in total. The van der Waals surface area contributed by atoms with Crippen LogP contribution in [0, 0.1) is 0 Å². The Balaban J connectivity index is 1.64. The Kier molecular flexibility index (Phi) is 2.91. The molecule has 1 aromatic carbocycles. The molecular formula is C13H13N3O3. The molecule has 2 aromatic rings. The van der Waals surface area contributed by atoms with Crippen molar-refractivity contribution >= 4 is 22.8 Å². The zero-order chi connectivity index (χ0) is 13.2. The number of para-hydroxylation sites is 1. The summed E-state index contributed by atoms with van der Waals surface area (Å²) in [5, 5.41) is 10.1. The highest BCUT2D eigenvalue weighted by molar-refractivity contribution is 6.02. The lowest BCUT2D eigenvalue weighted by Gasteiger charge is -2.04. The fourth-order valence-electron chi connectivity index (χ4n) is 1.82. The number of aromatic amines is 1. The maximum Gasteiger partial charge on any atom is 0.359 e. The van der Waals surface area contributed by atoms with E-state index in [0.29, 0.717) is 5.39 Å².